The van der Waals surface area contributed by atoms with Crippen LogP contribution in [0, 0.1) is 5.92 Å². The van der Waals surface area contributed by atoms with E-state index in [9.17, 15) is 0 Å². The Morgan fingerprint density at radius 2 is 2.35 bits per heavy atom. The van der Waals surface area contributed by atoms with Crippen molar-refractivity contribution in [2.45, 2.75) is 32.7 Å². The van der Waals surface area contributed by atoms with Crippen molar-refractivity contribution in [2.24, 2.45) is 5.92 Å². The van der Waals surface area contributed by atoms with Gasteiger partial charge in [0.05, 0.1) is 10.6 Å². The molecule has 2 rings (SSSR count). The van der Waals surface area contributed by atoms with E-state index >= 15 is 0 Å². The largest absolute Gasteiger partial charge is 0.311 e. The summed E-state index contributed by atoms with van der Waals surface area (Å²) in [6, 6.07) is 4.20. The normalized spacial score (nSPS) is 12.4. The van der Waals surface area contributed by atoms with Crippen LogP contribution in [0.2, 0.25) is 0 Å². The fourth-order valence-electron chi connectivity index (χ4n) is 2.15. The summed E-state index contributed by atoms with van der Waals surface area (Å²) in [6.45, 7) is 8.00. The Kier molecular flexibility index (Phi) is 6.43. The molecule has 20 heavy (non-hydrogen) atoms. The van der Waals surface area contributed by atoms with Crippen LogP contribution in [0.25, 0.3) is 9.88 Å². The van der Waals surface area contributed by atoms with Crippen LogP contribution >= 0.6 is 22.7 Å². The Morgan fingerprint density at radius 1 is 1.45 bits per heavy atom. The van der Waals surface area contributed by atoms with Gasteiger partial charge in [-0.05, 0) is 36.8 Å². The molecule has 2 heterocycles. The molecule has 2 aromatic rings. The topological polar surface area (TPSA) is 24.9 Å². The second-order valence-corrected chi connectivity index (χ2v) is 6.69. The molecule has 0 aliphatic heterocycles. The molecule has 0 aliphatic rings. The standard InChI is InChI=1S/C16H22N2S2/c1-3-6-13(4-2)8-9-17-11-14-12-20-16(18-14)15-7-5-10-19-15/h3,5,7,10,12-13,17H,1,4,6,8-9,11H2,2H3. The third-order valence-corrected chi connectivity index (χ3v) is 5.33. The van der Waals surface area contributed by atoms with Crippen LogP contribution in [0.4, 0.5) is 0 Å². The van der Waals surface area contributed by atoms with E-state index in [0.717, 1.165) is 36.1 Å². The monoisotopic (exact) mass is 306 g/mol. The maximum atomic E-state index is 4.68. The number of allylic oxidation sites excluding steroid dienone is 1. The minimum Gasteiger partial charge on any atom is -0.311 e. The lowest BCUT2D eigenvalue weighted by Gasteiger charge is -2.12. The molecule has 108 valence electrons. The van der Waals surface area contributed by atoms with Gasteiger partial charge in [0.15, 0.2) is 0 Å². The first-order valence-corrected chi connectivity index (χ1v) is 8.89. The number of rotatable bonds is 9. The lowest BCUT2D eigenvalue weighted by Crippen LogP contribution is -2.17. The van der Waals surface area contributed by atoms with Crippen molar-refractivity contribution in [3.8, 4) is 9.88 Å². The zero-order chi connectivity index (χ0) is 14.2. The van der Waals surface area contributed by atoms with Crippen molar-refractivity contribution >= 4 is 22.7 Å². The van der Waals surface area contributed by atoms with E-state index in [2.05, 4.69) is 46.7 Å². The quantitative estimate of drug-likeness (QED) is 0.523. The summed E-state index contributed by atoms with van der Waals surface area (Å²) in [5.74, 6) is 0.761. The third-order valence-electron chi connectivity index (χ3n) is 3.40. The fraction of sp³-hybridized carbons (Fsp3) is 0.438. The zero-order valence-corrected chi connectivity index (χ0v) is 13.6. The molecule has 1 atom stereocenters. The van der Waals surface area contributed by atoms with E-state index in [1.807, 2.05) is 6.08 Å². The number of hydrogen-bond acceptors (Lipinski definition) is 4. The zero-order valence-electron chi connectivity index (χ0n) is 12.0. The first kappa shape index (κ1) is 15.4. The van der Waals surface area contributed by atoms with Crippen molar-refractivity contribution < 1.29 is 0 Å². The number of hydrogen-bond donors (Lipinski definition) is 1. The summed E-state index contributed by atoms with van der Waals surface area (Å²) in [7, 11) is 0. The van der Waals surface area contributed by atoms with Crippen molar-refractivity contribution in [1.82, 2.24) is 10.3 Å². The van der Waals surface area contributed by atoms with Crippen LogP contribution in [0.15, 0.2) is 35.5 Å². The first-order valence-electron chi connectivity index (χ1n) is 7.13. The van der Waals surface area contributed by atoms with Crippen LogP contribution in [0.5, 0.6) is 0 Å². The second-order valence-electron chi connectivity index (χ2n) is 4.89. The number of nitrogens with zero attached hydrogens (tertiary/aromatic N) is 1. The van der Waals surface area contributed by atoms with Gasteiger partial charge >= 0.3 is 0 Å². The van der Waals surface area contributed by atoms with Gasteiger partial charge in [-0.15, -0.1) is 29.3 Å². The first-order chi connectivity index (χ1) is 9.83. The molecule has 0 radical (unpaired) electrons. The summed E-state index contributed by atoms with van der Waals surface area (Å²) < 4.78 is 0. The van der Waals surface area contributed by atoms with Gasteiger partial charge in [-0.25, -0.2) is 4.98 Å². The Morgan fingerprint density at radius 3 is 3.05 bits per heavy atom. The van der Waals surface area contributed by atoms with Gasteiger partial charge in [0.25, 0.3) is 0 Å². The molecule has 0 bridgehead atoms. The fourth-order valence-corrected chi connectivity index (χ4v) is 3.78. The molecular weight excluding hydrogens is 284 g/mol. The highest BCUT2D eigenvalue weighted by Crippen LogP contribution is 2.27. The van der Waals surface area contributed by atoms with Gasteiger partial charge in [-0.3, -0.25) is 0 Å². The van der Waals surface area contributed by atoms with Gasteiger partial charge in [-0.1, -0.05) is 25.5 Å². The Balaban J connectivity index is 1.73. The summed E-state index contributed by atoms with van der Waals surface area (Å²) >= 11 is 3.48. The van der Waals surface area contributed by atoms with Crippen LogP contribution in [0.1, 0.15) is 31.9 Å². The predicted molar refractivity (Wildman–Crippen MR) is 90.3 cm³/mol. The molecule has 0 spiro atoms. The molecule has 1 N–H and O–H groups in total. The molecule has 0 amide bonds. The van der Waals surface area contributed by atoms with Crippen molar-refractivity contribution in [1.29, 1.82) is 0 Å². The minimum atomic E-state index is 0.761. The Hall–Kier alpha value is -0.970. The minimum absolute atomic E-state index is 0.761. The number of aromatic nitrogens is 1. The number of nitrogens with one attached hydrogen (secondary N) is 1. The molecular formula is C16H22N2S2. The van der Waals surface area contributed by atoms with E-state index in [0.29, 0.717) is 0 Å². The van der Waals surface area contributed by atoms with E-state index in [1.165, 1.54) is 17.7 Å². The Labute approximate surface area is 129 Å². The highest BCUT2D eigenvalue weighted by Gasteiger charge is 2.06. The molecule has 2 aromatic heterocycles. The maximum absolute atomic E-state index is 4.68. The average molecular weight is 306 g/mol. The van der Waals surface area contributed by atoms with Gasteiger partial charge in [0, 0.05) is 11.9 Å². The average Bonchev–Trinajstić information content (AvgIpc) is 3.12. The summed E-state index contributed by atoms with van der Waals surface area (Å²) in [4.78, 5) is 5.94. The smallest absolute Gasteiger partial charge is 0.133 e. The highest BCUT2D eigenvalue weighted by atomic mass is 32.1. The van der Waals surface area contributed by atoms with Crippen molar-refractivity contribution in [3.05, 3.63) is 41.2 Å². The lowest BCUT2D eigenvalue weighted by molar-refractivity contribution is 0.455. The molecule has 0 fully saturated rings. The van der Waals surface area contributed by atoms with Crippen LogP contribution in [0.3, 0.4) is 0 Å². The molecule has 0 saturated carbocycles. The van der Waals surface area contributed by atoms with Gasteiger partial charge < -0.3 is 5.32 Å². The van der Waals surface area contributed by atoms with Gasteiger partial charge in [0.2, 0.25) is 0 Å². The van der Waals surface area contributed by atoms with Crippen molar-refractivity contribution in [2.75, 3.05) is 6.54 Å². The lowest BCUT2D eigenvalue weighted by atomic mass is 9.99. The second kappa shape index (κ2) is 8.35. The Bertz CT molecular complexity index is 502. The van der Waals surface area contributed by atoms with E-state index in [-0.39, 0.29) is 0 Å². The SMILES string of the molecule is C=CCC(CC)CCNCc1csc(-c2cccs2)n1. The summed E-state index contributed by atoms with van der Waals surface area (Å²) in [6.07, 6.45) is 5.59. The molecule has 1 unspecified atom stereocenters. The summed E-state index contributed by atoms with van der Waals surface area (Å²) in [5.41, 5.74) is 1.15. The van der Waals surface area contributed by atoms with Gasteiger partial charge in [-0.2, -0.15) is 0 Å². The highest BCUT2D eigenvalue weighted by molar-refractivity contribution is 7.20. The molecule has 4 heteroatoms. The van der Waals surface area contributed by atoms with Crippen LogP contribution < -0.4 is 5.32 Å². The van der Waals surface area contributed by atoms with Crippen LogP contribution in [-0.2, 0) is 6.54 Å². The van der Waals surface area contributed by atoms with Gasteiger partial charge in [0.1, 0.15) is 5.01 Å². The molecule has 0 aromatic carbocycles. The predicted octanol–water partition coefficient (Wildman–Crippen LogP) is 4.95. The number of thiophene rings is 1. The van der Waals surface area contributed by atoms with Crippen molar-refractivity contribution in [3.63, 3.8) is 0 Å². The maximum Gasteiger partial charge on any atom is 0.133 e. The molecule has 0 aliphatic carbocycles. The number of thiazole rings is 1. The third kappa shape index (κ3) is 4.54. The summed E-state index contributed by atoms with van der Waals surface area (Å²) in [5, 5.41) is 8.88. The molecule has 0 saturated heterocycles. The molecule has 2 nitrogen and oxygen atoms in total. The van der Waals surface area contributed by atoms with E-state index in [1.54, 1.807) is 22.7 Å². The van der Waals surface area contributed by atoms with Crippen LogP contribution in [-0.4, -0.2) is 11.5 Å². The van der Waals surface area contributed by atoms with E-state index in [4.69, 9.17) is 0 Å². The van der Waals surface area contributed by atoms with E-state index < -0.39 is 0 Å².